The highest BCUT2D eigenvalue weighted by atomic mass is 16.1. The topological polar surface area (TPSA) is 61.6 Å². The number of hydrogen-bond donors (Lipinski definition) is 2. The van der Waals surface area contributed by atoms with E-state index in [1.807, 2.05) is 7.05 Å². The summed E-state index contributed by atoms with van der Waals surface area (Å²) in [6.45, 7) is 9.00. The number of hydrogen-bond acceptors (Lipinski definition) is 4. The fourth-order valence-corrected chi connectivity index (χ4v) is 3.73. The van der Waals surface area contributed by atoms with Crippen LogP contribution in [0.15, 0.2) is 0 Å². The number of amides is 1. The highest BCUT2D eigenvalue weighted by molar-refractivity contribution is 5.85. The van der Waals surface area contributed by atoms with E-state index in [-0.39, 0.29) is 5.91 Å². The lowest BCUT2D eigenvalue weighted by molar-refractivity contribution is -0.124. The molecule has 1 heterocycles. The van der Waals surface area contributed by atoms with E-state index in [1.165, 1.54) is 0 Å². The molecule has 1 saturated heterocycles. The van der Waals surface area contributed by atoms with Gasteiger partial charge in [0.1, 0.15) is 0 Å². The van der Waals surface area contributed by atoms with Crippen LogP contribution in [-0.4, -0.2) is 66.6 Å². The zero-order chi connectivity index (χ0) is 14.0. The van der Waals surface area contributed by atoms with Gasteiger partial charge in [0, 0.05) is 31.7 Å². The Morgan fingerprint density at radius 1 is 1.47 bits per heavy atom. The third kappa shape index (κ3) is 2.78. The molecule has 2 fully saturated rings. The average Bonchev–Trinajstić information content (AvgIpc) is 2.84. The van der Waals surface area contributed by atoms with Crippen molar-refractivity contribution in [2.24, 2.45) is 5.73 Å². The molecule has 3 unspecified atom stereocenters. The van der Waals surface area contributed by atoms with Crippen LogP contribution in [0.25, 0.3) is 0 Å². The van der Waals surface area contributed by atoms with E-state index in [0.29, 0.717) is 12.1 Å². The van der Waals surface area contributed by atoms with Crippen molar-refractivity contribution in [1.29, 1.82) is 0 Å². The highest BCUT2D eigenvalue weighted by Gasteiger charge is 2.45. The van der Waals surface area contributed by atoms with Gasteiger partial charge in [-0.15, -0.1) is 0 Å². The summed E-state index contributed by atoms with van der Waals surface area (Å²) in [5.41, 5.74) is 5.10. The summed E-state index contributed by atoms with van der Waals surface area (Å²) in [5, 5.41) is 3.17. The molecule has 110 valence electrons. The molecule has 5 nitrogen and oxygen atoms in total. The molecule has 3 N–H and O–H groups in total. The first-order chi connectivity index (χ1) is 9.02. The van der Waals surface area contributed by atoms with Crippen LogP contribution >= 0.6 is 0 Å². The Morgan fingerprint density at radius 3 is 2.68 bits per heavy atom. The summed E-state index contributed by atoms with van der Waals surface area (Å²) in [7, 11) is 1.85. The first-order valence-electron chi connectivity index (χ1n) is 7.49. The molecule has 1 aliphatic carbocycles. The first-order valence-corrected chi connectivity index (χ1v) is 7.49. The van der Waals surface area contributed by atoms with Gasteiger partial charge in [-0.2, -0.15) is 0 Å². The minimum Gasteiger partial charge on any atom is -0.368 e. The number of likely N-dealkylation sites (N-methyl/N-ethyl adjacent to an activating group) is 2. The van der Waals surface area contributed by atoms with Crippen molar-refractivity contribution >= 4 is 5.91 Å². The molecule has 2 rings (SSSR count). The lowest BCUT2D eigenvalue weighted by atomic mass is 9.96. The molecule has 0 aromatic heterocycles. The maximum atomic E-state index is 11.7. The zero-order valence-electron chi connectivity index (χ0n) is 12.5. The van der Waals surface area contributed by atoms with Crippen molar-refractivity contribution in [3.63, 3.8) is 0 Å². The van der Waals surface area contributed by atoms with E-state index in [9.17, 15) is 4.79 Å². The van der Waals surface area contributed by atoms with Gasteiger partial charge in [0.15, 0.2) is 0 Å². The van der Waals surface area contributed by atoms with Crippen molar-refractivity contribution in [3.05, 3.63) is 0 Å². The first kappa shape index (κ1) is 14.8. The van der Waals surface area contributed by atoms with Crippen LogP contribution in [0.4, 0.5) is 0 Å². The Bertz CT molecular complexity index is 335. The summed E-state index contributed by atoms with van der Waals surface area (Å²) in [6, 6.07) is 1.11. The van der Waals surface area contributed by atoms with Crippen LogP contribution in [0.3, 0.4) is 0 Å². The van der Waals surface area contributed by atoms with Gasteiger partial charge in [0.2, 0.25) is 5.91 Å². The lowest BCUT2D eigenvalue weighted by Gasteiger charge is -2.42. The zero-order valence-corrected chi connectivity index (χ0v) is 12.5. The van der Waals surface area contributed by atoms with Crippen molar-refractivity contribution in [1.82, 2.24) is 15.1 Å². The number of carbonyl (C=O) groups is 1. The minimum absolute atomic E-state index is 0.197. The Morgan fingerprint density at radius 2 is 2.21 bits per heavy atom. The van der Waals surface area contributed by atoms with Crippen molar-refractivity contribution < 1.29 is 4.79 Å². The van der Waals surface area contributed by atoms with E-state index in [1.54, 1.807) is 0 Å². The van der Waals surface area contributed by atoms with E-state index < -0.39 is 5.54 Å². The summed E-state index contributed by atoms with van der Waals surface area (Å²) < 4.78 is 0. The molecular formula is C14H28N4O. The summed E-state index contributed by atoms with van der Waals surface area (Å²) in [4.78, 5) is 16.8. The molecule has 19 heavy (non-hydrogen) atoms. The molecule has 1 aliphatic heterocycles. The second-order valence-electron chi connectivity index (χ2n) is 6.07. The Kier molecular flexibility index (Phi) is 4.48. The van der Waals surface area contributed by atoms with Crippen molar-refractivity contribution in [2.75, 3.05) is 33.2 Å². The average molecular weight is 268 g/mol. The van der Waals surface area contributed by atoms with E-state index >= 15 is 0 Å². The number of nitrogens with two attached hydrogens (primary N) is 1. The third-order valence-electron chi connectivity index (χ3n) is 5.16. The van der Waals surface area contributed by atoms with Crippen LogP contribution in [-0.2, 0) is 4.79 Å². The van der Waals surface area contributed by atoms with Gasteiger partial charge in [-0.25, -0.2) is 0 Å². The third-order valence-corrected chi connectivity index (χ3v) is 5.16. The second kappa shape index (κ2) is 5.77. The fraction of sp³-hybridized carbons (Fsp3) is 0.929. The van der Waals surface area contributed by atoms with Gasteiger partial charge in [0.25, 0.3) is 0 Å². The number of primary amides is 1. The van der Waals surface area contributed by atoms with Crippen molar-refractivity contribution in [3.8, 4) is 0 Å². The monoisotopic (exact) mass is 268 g/mol. The maximum absolute atomic E-state index is 11.7. The summed E-state index contributed by atoms with van der Waals surface area (Å²) in [5.74, 6) is -0.197. The summed E-state index contributed by atoms with van der Waals surface area (Å²) >= 11 is 0. The molecule has 0 aromatic carbocycles. The van der Waals surface area contributed by atoms with Gasteiger partial charge < -0.3 is 11.1 Å². The number of rotatable bonds is 4. The van der Waals surface area contributed by atoms with Crippen LogP contribution in [0.2, 0.25) is 0 Å². The predicted molar refractivity (Wildman–Crippen MR) is 76.9 cm³/mol. The molecule has 1 amide bonds. The lowest BCUT2D eigenvalue weighted by Crippen LogP contribution is -2.56. The normalized spacial score (nSPS) is 37.6. The van der Waals surface area contributed by atoms with Crippen LogP contribution in [0.1, 0.15) is 33.1 Å². The van der Waals surface area contributed by atoms with Gasteiger partial charge >= 0.3 is 0 Å². The van der Waals surface area contributed by atoms with Gasteiger partial charge in [0.05, 0.1) is 5.54 Å². The molecular weight excluding hydrogens is 240 g/mol. The Hall–Kier alpha value is -0.650. The fourth-order valence-electron chi connectivity index (χ4n) is 3.73. The predicted octanol–water partition coefficient (Wildman–Crippen LogP) is 0.00840. The minimum atomic E-state index is -0.476. The van der Waals surface area contributed by atoms with Crippen LogP contribution in [0, 0.1) is 0 Å². The SMILES string of the molecule is CCN1CCN(C2CCC(NC)(C(N)=O)C2)CC1C. The van der Waals surface area contributed by atoms with Crippen LogP contribution in [0.5, 0.6) is 0 Å². The number of piperazine rings is 1. The molecule has 1 saturated carbocycles. The molecule has 0 spiro atoms. The van der Waals surface area contributed by atoms with Gasteiger partial charge in [-0.05, 0) is 39.8 Å². The Balaban J connectivity index is 1.96. The standard InChI is InChI=1S/C14H28N4O/c1-4-17-7-8-18(10-11(17)2)12-5-6-14(9-12,16-3)13(15)19/h11-12,16H,4-10H2,1-3H3,(H2,15,19). The Labute approximate surface area is 116 Å². The molecule has 0 bridgehead atoms. The van der Waals surface area contributed by atoms with E-state index in [4.69, 9.17) is 5.73 Å². The largest absolute Gasteiger partial charge is 0.368 e. The van der Waals surface area contributed by atoms with Crippen LogP contribution < -0.4 is 11.1 Å². The van der Waals surface area contributed by atoms with Gasteiger partial charge in [-0.1, -0.05) is 6.92 Å². The second-order valence-corrected chi connectivity index (χ2v) is 6.07. The maximum Gasteiger partial charge on any atom is 0.237 e. The summed E-state index contributed by atoms with van der Waals surface area (Å²) in [6.07, 6.45) is 2.80. The highest BCUT2D eigenvalue weighted by Crippen LogP contribution is 2.33. The van der Waals surface area contributed by atoms with E-state index in [2.05, 4.69) is 29.0 Å². The number of carbonyl (C=O) groups excluding carboxylic acids is 1. The molecule has 5 heteroatoms. The number of nitrogens with zero attached hydrogens (tertiary/aromatic N) is 2. The molecule has 0 aromatic rings. The molecule has 0 radical (unpaired) electrons. The van der Waals surface area contributed by atoms with E-state index in [0.717, 1.165) is 45.4 Å². The quantitative estimate of drug-likeness (QED) is 0.754. The number of nitrogens with one attached hydrogen (secondary N) is 1. The smallest absolute Gasteiger partial charge is 0.237 e. The van der Waals surface area contributed by atoms with Gasteiger partial charge in [-0.3, -0.25) is 14.6 Å². The molecule has 2 aliphatic rings. The molecule has 3 atom stereocenters. The van der Waals surface area contributed by atoms with Crippen molar-refractivity contribution in [2.45, 2.75) is 50.7 Å².